The molecule has 0 aliphatic carbocycles. The normalized spacial score (nSPS) is 10.5. The molecule has 0 unspecified atom stereocenters. The summed E-state index contributed by atoms with van der Waals surface area (Å²) in [5.74, 6) is 0.460. The predicted octanol–water partition coefficient (Wildman–Crippen LogP) is 6.47. The molecule has 41 heavy (non-hydrogen) atoms. The molecule has 2 aromatic carbocycles. The van der Waals surface area contributed by atoms with Gasteiger partial charge in [-0.25, -0.2) is 4.98 Å². The third-order valence-corrected chi connectivity index (χ3v) is 6.69. The summed E-state index contributed by atoms with van der Waals surface area (Å²) in [7, 11) is 3.18. The van der Waals surface area contributed by atoms with E-state index in [1.54, 1.807) is 56.9 Å². The van der Waals surface area contributed by atoms with E-state index in [9.17, 15) is 9.59 Å². The third-order valence-electron chi connectivity index (χ3n) is 5.91. The Hall–Kier alpha value is -3.56. The summed E-state index contributed by atoms with van der Waals surface area (Å²) in [5.41, 5.74) is 3.15. The molecule has 4 rings (SSSR count). The van der Waals surface area contributed by atoms with Gasteiger partial charge in [0.2, 0.25) is 11.8 Å². The van der Waals surface area contributed by atoms with E-state index in [0.717, 1.165) is 16.6 Å². The third kappa shape index (κ3) is 8.24. The van der Waals surface area contributed by atoms with Gasteiger partial charge < -0.3 is 19.7 Å². The predicted molar refractivity (Wildman–Crippen MR) is 168 cm³/mol. The fourth-order valence-electron chi connectivity index (χ4n) is 3.85. The minimum absolute atomic E-state index is 0. The van der Waals surface area contributed by atoms with Crippen LogP contribution in [0.2, 0.25) is 10.0 Å². The lowest BCUT2D eigenvalue weighted by Gasteiger charge is -2.21. The van der Waals surface area contributed by atoms with Gasteiger partial charge in [-0.1, -0.05) is 35.3 Å². The van der Waals surface area contributed by atoms with Crippen molar-refractivity contribution in [3.05, 3.63) is 93.9 Å². The summed E-state index contributed by atoms with van der Waals surface area (Å²) in [6, 6.07) is 14.3. The smallest absolute Gasteiger partial charge is 0.246 e. The monoisotopic (exact) mass is 636 g/mol. The van der Waals surface area contributed by atoms with E-state index >= 15 is 0 Å². The Bertz CT molecular complexity index is 1550. The van der Waals surface area contributed by atoms with Crippen LogP contribution < -0.4 is 19.7 Å². The molecule has 0 spiro atoms. The van der Waals surface area contributed by atoms with Crippen molar-refractivity contribution in [3.8, 4) is 11.5 Å². The lowest BCUT2D eigenvalue weighted by molar-refractivity contribution is -0.122. The maximum absolute atomic E-state index is 12.8. The average molecular weight is 638 g/mol. The number of methoxy groups -OCH3 is 1. The molecule has 0 radical (unpaired) electrons. The van der Waals surface area contributed by atoms with Crippen molar-refractivity contribution >= 4 is 82.5 Å². The van der Waals surface area contributed by atoms with Crippen molar-refractivity contribution in [1.29, 1.82) is 0 Å². The van der Waals surface area contributed by atoms with E-state index in [4.69, 9.17) is 32.7 Å². The van der Waals surface area contributed by atoms with Crippen LogP contribution in [0.5, 0.6) is 11.5 Å². The summed E-state index contributed by atoms with van der Waals surface area (Å²) in [6.45, 7) is 1.70. The topological polar surface area (TPSA) is 93.7 Å². The number of ether oxygens (including phenoxy) is 2. The van der Waals surface area contributed by atoms with Crippen LogP contribution in [0.25, 0.3) is 17.0 Å². The molecular formula is C29H28Cl4N4O4. The molecule has 0 saturated heterocycles. The second-order valence-corrected chi connectivity index (χ2v) is 9.34. The number of carbonyl (C=O) groups excluding carboxylic acids is 2. The first kappa shape index (κ1) is 33.6. The number of amides is 2. The average Bonchev–Trinajstić information content (AvgIpc) is 2.94. The van der Waals surface area contributed by atoms with Crippen molar-refractivity contribution in [2.45, 2.75) is 13.5 Å². The summed E-state index contributed by atoms with van der Waals surface area (Å²) in [4.78, 5) is 34.9. The van der Waals surface area contributed by atoms with Crippen LogP contribution in [-0.2, 0) is 16.2 Å². The summed E-state index contributed by atoms with van der Waals surface area (Å²) >= 11 is 13.2. The van der Waals surface area contributed by atoms with Gasteiger partial charge >= 0.3 is 0 Å². The van der Waals surface area contributed by atoms with E-state index in [-0.39, 0.29) is 48.9 Å². The van der Waals surface area contributed by atoms with Crippen molar-refractivity contribution in [2.24, 2.45) is 0 Å². The van der Waals surface area contributed by atoms with Gasteiger partial charge in [-0.05, 0) is 48.9 Å². The minimum Gasteiger partial charge on any atom is -0.496 e. The maximum Gasteiger partial charge on any atom is 0.246 e. The zero-order chi connectivity index (χ0) is 27.9. The maximum atomic E-state index is 12.8. The quantitative estimate of drug-likeness (QED) is 0.212. The first-order valence-electron chi connectivity index (χ1n) is 11.9. The summed E-state index contributed by atoms with van der Waals surface area (Å²) in [6.07, 6.45) is 6.22. The zero-order valence-electron chi connectivity index (χ0n) is 22.4. The molecule has 0 fully saturated rings. The molecule has 0 aliphatic rings. The number of hydrogen-bond donors (Lipinski definition) is 1. The van der Waals surface area contributed by atoms with Gasteiger partial charge in [0, 0.05) is 53.2 Å². The molecule has 2 heterocycles. The highest BCUT2D eigenvalue weighted by atomic mass is 35.5. The Labute approximate surface area is 260 Å². The van der Waals surface area contributed by atoms with Gasteiger partial charge in [-0.3, -0.25) is 14.6 Å². The largest absolute Gasteiger partial charge is 0.496 e. The number of benzene rings is 2. The molecule has 0 atom stereocenters. The Kier molecular flexibility index (Phi) is 12.7. The number of hydrogen-bond acceptors (Lipinski definition) is 6. The van der Waals surface area contributed by atoms with Gasteiger partial charge in [0.25, 0.3) is 0 Å². The Morgan fingerprint density at radius 1 is 1.07 bits per heavy atom. The summed E-state index contributed by atoms with van der Waals surface area (Å²) < 4.78 is 11.6. The number of nitrogens with one attached hydrogen (secondary N) is 1. The first-order valence-corrected chi connectivity index (χ1v) is 12.7. The Morgan fingerprint density at radius 2 is 1.85 bits per heavy atom. The van der Waals surface area contributed by atoms with Crippen LogP contribution in [0.3, 0.4) is 0 Å². The number of pyridine rings is 2. The minimum atomic E-state index is -0.410. The van der Waals surface area contributed by atoms with E-state index in [1.807, 2.05) is 31.2 Å². The van der Waals surface area contributed by atoms with Gasteiger partial charge in [-0.2, -0.15) is 0 Å². The number of anilines is 1. The van der Waals surface area contributed by atoms with Crippen molar-refractivity contribution < 1.29 is 19.1 Å². The van der Waals surface area contributed by atoms with Crippen molar-refractivity contribution in [3.63, 3.8) is 0 Å². The lowest BCUT2D eigenvalue weighted by Crippen LogP contribution is -2.37. The van der Waals surface area contributed by atoms with E-state index in [0.29, 0.717) is 33.3 Å². The second kappa shape index (κ2) is 15.4. The number of rotatable bonds is 9. The first-order chi connectivity index (χ1) is 18.8. The van der Waals surface area contributed by atoms with Crippen molar-refractivity contribution in [2.75, 3.05) is 25.6 Å². The number of aromatic nitrogens is 2. The molecule has 0 aliphatic heterocycles. The van der Waals surface area contributed by atoms with E-state index in [1.165, 1.54) is 11.0 Å². The molecule has 8 nitrogen and oxygen atoms in total. The van der Waals surface area contributed by atoms with Gasteiger partial charge in [0.05, 0.1) is 24.4 Å². The molecule has 12 heteroatoms. The number of carbonyl (C=O) groups is 2. The number of para-hydroxylation sites is 1. The van der Waals surface area contributed by atoms with E-state index in [2.05, 4.69) is 15.3 Å². The highest BCUT2D eigenvalue weighted by Gasteiger charge is 2.19. The Balaban J connectivity index is 0.00000294. The standard InChI is InChI=1S/C29H26Cl2N4O4.2ClH/c1-18-14-25(38-3)20-7-4-8-24(29(20)34-18)39-17-21-22(30)10-11-23(28(21)31)35(2)27(37)16-33-26(36)12-9-19-6-5-13-32-15-19;;/h4-15H,16-17H2,1-3H3,(H,33,36);2*1H/b12-9+;;. The van der Waals surface area contributed by atoms with Crippen LogP contribution >= 0.6 is 48.0 Å². The molecule has 0 bridgehead atoms. The molecule has 1 N–H and O–H groups in total. The molecule has 4 aromatic rings. The molecular weight excluding hydrogens is 610 g/mol. The van der Waals surface area contributed by atoms with Crippen LogP contribution in [0.4, 0.5) is 5.69 Å². The van der Waals surface area contributed by atoms with E-state index < -0.39 is 5.91 Å². The number of likely N-dealkylation sites (N-methyl/N-ethyl adjacent to an activating group) is 1. The molecule has 216 valence electrons. The van der Waals surface area contributed by atoms with Crippen molar-refractivity contribution in [1.82, 2.24) is 15.3 Å². The van der Waals surface area contributed by atoms with Crippen LogP contribution in [0, 0.1) is 6.92 Å². The molecule has 2 aromatic heterocycles. The second-order valence-electron chi connectivity index (χ2n) is 8.56. The lowest BCUT2D eigenvalue weighted by atomic mass is 10.1. The SMILES string of the molecule is COc1cc(C)nc2c(OCc3c(Cl)ccc(N(C)C(=O)CNC(=O)/C=C/c4cccnc4)c3Cl)cccc12.Cl.Cl. The highest BCUT2D eigenvalue weighted by molar-refractivity contribution is 6.38. The number of aryl methyl sites for hydroxylation is 1. The van der Waals surface area contributed by atoms with Gasteiger partial charge in [-0.15, -0.1) is 24.8 Å². The fraction of sp³-hybridized carbons (Fsp3) is 0.172. The zero-order valence-corrected chi connectivity index (χ0v) is 25.5. The van der Waals surface area contributed by atoms with Gasteiger partial charge in [0.1, 0.15) is 23.6 Å². The number of fused-ring (bicyclic) bond motifs is 1. The Morgan fingerprint density at radius 3 is 2.56 bits per heavy atom. The van der Waals surface area contributed by atoms with Crippen LogP contribution in [0.1, 0.15) is 16.8 Å². The highest BCUT2D eigenvalue weighted by Crippen LogP contribution is 2.36. The van der Waals surface area contributed by atoms with Crippen LogP contribution in [-0.4, -0.2) is 42.5 Å². The molecule has 2 amide bonds. The molecule has 0 saturated carbocycles. The number of halogens is 4. The van der Waals surface area contributed by atoms with Crippen LogP contribution in [0.15, 0.2) is 67.0 Å². The number of nitrogens with zero attached hydrogens (tertiary/aromatic N) is 3. The van der Waals surface area contributed by atoms with Gasteiger partial charge in [0.15, 0.2) is 0 Å². The summed E-state index contributed by atoms with van der Waals surface area (Å²) in [5, 5.41) is 4.05. The fourth-order valence-corrected chi connectivity index (χ4v) is 4.45.